The van der Waals surface area contributed by atoms with Crippen LogP contribution in [0.3, 0.4) is 0 Å². The summed E-state index contributed by atoms with van der Waals surface area (Å²) in [6, 6.07) is 4.33. The van der Waals surface area contributed by atoms with Crippen LogP contribution >= 0.6 is 0 Å². The Kier molecular flexibility index (Phi) is 5.13. The minimum Gasteiger partial charge on any atom is -0.492 e. The van der Waals surface area contributed by atoms with Gasteiger partial charge in [-0.2, -0.15) is 0 Å². The van der Waals surface area contributed by atoms with Crippen molar-refractivity contribution in [2.75, 3.05) is 39.5 Å². The molecule has 1 saturated heterocycles. The topological polar surface area (TPSA) is 47.7 Å². The van der Waals surface area contributed by atoms with Crippen molar-refractivity contribution in [1.82, 2.24) is 4.90 Å². The Balaban J connectivity index is 1.89. The smallest absolute Gasteiger partial charge is 0.127 e. The first-order valence-electron chi connectivity index (χ1n) is 6.65. The van der Waals surface area contributed by atoms with Gasteiger partial charge in [0, 0.05) is 37.3 Å². The van der Waals surface area contributed by atoms with Crippen molar-refractivity contribution in [2.24, 2.45) is 5.73 Å². The second-order valence-corrected chi connectivity index (χ2v) is 4.77. The lowest BCUT2D eigenvalue weighted by Crippen LogP contribution is -2.38. The molecule has 0 amide bonds. The number of rotatable bonds is 5. The standard InChI is InChI=1S/C14H21FN2O2/c1-11(16)13-3-2-12(15)10-14(13)19-9-6-17-4-7-18-8-5-17/h2-3,10-11H,4-9,16H2,1H3. The predicted octanol–water partition coefficient (Wildman–Crippen LogP) is 1.56. The summed E-state index contributed by atoms with van der Waals surface area (Å²) in [5, 5.41) is 0. The summed E-state index contributed by atoms with van der Waals surface area (Å²) in [6.45, 7) is 6.60. The molecule has 4 nitrogen and oxygen atoms in total. The zero-order chi connectivity index (χ0) is 13.7. The van der Waals surface area contributed by atoms with E-state index in [4.69, 9.17) is 15.2 Å². The zero-order valence-electron chi connectivity index (χ0n) is 11.3. The van der Waals surface area contributed by atoms with Gasteiger partial charge in [0.2, 0.25) is 0 Å². The van der Waals surface area contributed by atoms with Crippen LogP contribution in [0.1, 0.15) is 18.5 Å². The molecule has 1 aromatic carbocycles. The number of morpholine rings is 1. The molecule has 19 heavy (non-hydrogen) atoms. The molecule has 1 fully saturated rings. The Morgan fingerprint density at radius 1 is 1.42 bits per heavy atom. The molecule has 2 N–H and O–H groups in total. The number of benzene rings is 1. The molecule has 106 valence electrons. The van der Waals surface area contributed by atoms with E-state index in [-0.39, 0.29) is 11.9 Å². The van der Waals surface area contributed by atoms with Gasteiger partial charge in [-0.15, -0.1) is 0 Å². The molecule has 0 spiro atoms. The maximum Gasteiger partial charge on any atom is 0.127 e. The largest absolute Gasteiger partial charge is 0.492 e. The van der Waals surface area contributed by atoms with Crippen LogP contribution in [-0.2, 0) is 4.74 Å². The van der Waals surface area contributed by atoms with Crippen molar-refractivity contribution in [2.45, 2.75) is 13.0 Å². The molecule has 0 bridgehead atoms. The van der Waals surface area contributed by atoms with E-state index in [0.717, 1.165) is 38.4 Å². The maximum atomic E-state index is 13.2. The SMILES string of the molecule is CC(N)c1ccc(F)cc1OCCN1CCOCC1. The van der Waals surface area contributed by atoms with Gasteiger partial charge in [-0.3, -0.25) is 4.90 Å². The third-order valence-electron chi connectivity index (χ3n) is 3.23. The normalized spacial score (nSPS) is 18.3. The highest BCUT2D eigenvalue weighted by Crippen LogP contribution is 2.24. The van der Waals surface area contributed by atoms with Crippen molar-refractivity contribution in [3.05, 3.63) is 29.6 Å². The van der Waals surface area contributed by atoms with E-state index in [1.165, 1.54) is 12.1 Å². The summed E-state index contributed by atoms with van der Waals surface area (Å²) >= 11 is 0. The molecule has 5 heteroatoms. The summed E-state index contributed by atoms with van der Waals surface area (Å²) in [5.74, 6) is 0.244. The van der Waals surface area contributed by atoms with Crippen molar-refractivity contribution in [3.8, 4) is 5.75 Å². The summed E-state index contributed by atoms with van der Waals surface area (Å²) in [6.07, 6.45) is 0. The fourth-order valence-electron chi connectivity index (χ4n) is 2.12. The molecule has 1 aromatic rings. The quantitative estimate of drug-likeness (QED) is 0.880. The summed E-state index contributed by atoms with van der Waals surface area (Å²) < 4.78 is 24.2. The van der Waals surface area contributed by atoms with Gasteiger partial charge in [-0.1, -0.05) is 6.07 Å². The van der Waals surface area contributed by atoms with Gasteiger partial charge in [0.1, 0.15) is 18.2 Å². The summed E-state index contributed by atoms with van der Waals surface area (Å²) in [7, 11) is 0. The predicted molar refractivity (Wildman–Crippen MR) is 71.8 cm³/mol. The molecule has 1 aliphatic heterocycles. The molecule has 1 aliphatic rings. The van der Waals surface area contributed by atoms with Crippen LogP contribution in [0.2, 0.25) is 0 Å². The third-order valence-corrected chi connectivity index (χ3v) is 3.23. The first kappa shape index (κ1) is 14.2. The number of hydrogen-bond acceptors (Lipinski definition) is 4. The number of hydrogen-bond donors (Lipinski definition) is 1. The summed E-state index contributed by atoms with van der Waals surface area (Å²) in [4.78, 5) is 2.27. The van der Waals surface area contributed by atoms with Gasteiger partial charge in [-0.05, 0) is 13.0 Å². The fraction of sp³-hybridized carbons (Fsp3) is 0.571. The van der Waals surface area contributed by atoms with Crippen molar-refractivity contribution < 1.29 is 13.9 Å². The average molecular weight is 268 g/mol. The minimum absolute atomic E-state index is 0.168. The van der Waals surface area contributed by atoms with Crippen LogP contribution in [0, 0.1) is 5.82 Å². The van der Waals surface area contributed by atoms with Crippen LogP contribution in [0.5, 0.6) is 5.75 Å². The molecule has 1 atom stereocenters. The molecule has 1 unspecified atom stereocenters. The van der Waals surface area contributed by atoms with Crippen LogP contribution in [-0.4, -0.2) is 44.4 Å². The molecule has 0 aliphatic carbocycles. The molecule has 0 saturated carbocycles. The maximum absolute atomic E-state index is 13.2. The van der Waals surface area contributed by atoms with E-state index in [2.05, 4.69) is 4.90 Å². The fourth-order valence-corrected chi connectivity index (χ4v) is 2.12. The lowest BCUT2D eigenvalue weighted by Gasteiger charge is -2.26. The zero-order valence-corrected chi connectivity index (χ0v) is 11.3. The van der Waals surface area contributed by atoms with E-state index < -0.39 is 0 Å². The van der Waals surface area contributed by atoms with Crippen molar-refractivity contribution in [3.63, 3.8) is 0 Å². The number of nitrogens with two attached hydrogens (primary N) is 1. The highest BCUT2D eigenvalue weighted by Gasteiger charge is 2.12. The molecule has 2 rings (SSSR count). The highest BCUT2D eigenvalue weighted by atomic mass is 19.1. The van der Waals surface area contributed by atoms with Gasteiger partial charge in [0.05, 0.1) is 13.2 Å². The molecular formula is C14H21FN2O2. The van der Waals surface area contributed by atoms with E-state index >= 15 is 0 Å². The Labute approximate surface area is 113 Å². The molecular weight excluding hydrogens is 247 g/mol. The van der Waals surface area contributed by atoms with Crippen molar-refractivity contribution in [1.29, 1.82) is 0 Å². The average Bonchev–Trinajstić information content (AvgIpc) is 2.39. The Morgan fingerprint density at radius 3 is 2.84 bits per heavy atom. The first-order chi connectivity index (χ1) is 9.16. The molecule has 0 radical (unpaired) electrons. The Morgan fingerprint density at radius 2 is 2.16 bits per heavy atom. The molecule has 0 aromatic heterocycles. The Hall–Kier alpha value is -1.17. The van der Waals surface area contributed by atoms with E-state index in [1.807, 2.05) is 6.92 Å². The van der Waals surface area contributed by atoms with Gasteiger partial charge < -0.3 is 15.2 Å². The third kappa shape index (κ3) is 4.16. The van der Waals surface area contributed by atoms with Crippen LogP contribution in [0.15, 0.2) is 18.2 Å². The highest BCUT2D eigenvalue weighted by molar-refractivity contribution is 5.36. The minimum atomic E-state index is -0.300. The first-order valence-corrected chi connectivity index (χ1v) is 6.65. The summed E-state index contributed by atoms with van der Waals surface area (Å²) in [5.41, 5.74) is 6.69. The second kappa shape index (κ2) is 6.84. The second-order valence-electron chi connectivity index (χ2n) is 4.77. The molecule has 1 heterocycles. The number of halogens is 1. The number of ether oxygens (including phenoxy) is 2. The monoisotopic (exact) mass is 268 g/mol. The van der Waals surface area contributed by atoms with Crippen molar-refractivity contribution >= 4 is 0 Å². The van der Waals surface area contributed by atoms with Crippen LogP contribution in [0.25, 0.3) is 0 Å². The lowest BCUT2D eigenvalue weighted by molar-refractivity contribution is 0.0322. The lowest BCUT2D eigenvalue weighted by atomic mass is 10.1. The van der Waals surface area contributed by atoms with Gasteiger partial charge >= 0.3 is 0 Å². The van der Waals surface area contributed by atoms with Gasteiger partial charge in [0.15, 0.2) is 0 Å². The van der Waals surface area contributed by atoms with Gasteiger partial charge in [-0.25, -0.2) is 4.39 Å². The van der Waals surface area contributed by atoms with E-state index in [9.17, 15) is 4.39 Å². The number of nitrogens with zero attached hydrogens (tertiary/aromatic N) is 1. The van der Waals surface area contributed by atoms with Gasteiger partial charge in [0.25, 0.3) is 0 Å². The van der Waals surface area contributed by atoms with Crippen LogP contribution < -0.4 is 10.5 Å². The van der Waals surface area contributed by atoms with E-state index in [1.54, 1.807) is 6.07 Å². The van der Waals surface area contributed by atoms with Crippen LogP contribution in [0.4, 0.5) is 4.39 Å². The Bertz CT molecular complexity index is 406. The van der Waals surface area contributed by atoms with E-state index in [0.29, 0.717) is 12.4 Å².